The molecule has 4 rings (SSSR count). The summed E-state index contributed by atoms with van der Waals surface area (Å²) in [7, 11) is 3.63. The summed E-state index contributed by atoms with van der Waals surface area (Å²) in [5, 5.41) is 3.20. The van der Waals surface area contributed by atoms with Gasteiger partial charge in [-0.3, -0.25) is 4.79 Å². The van der Waals surface area contributed by atoms with E-state index in [-0.39, 0.29) is 17.9 Å². The van der Waals surface area contributed by atoms with Crippen molar-refractivity contribution in [2.24, 2.45) is 0 Å². The van der Waals surface area contributed by atoms with Gasteiger partial charge in [-0.05, 0) is 55.1 Å². The second-order valence-electron chi connectivity index (χ2n) is 8.73. The third kappa shape index (κ3) is 4.62. The first-order valence-corrected chi connectivity index (χ1v) is 10.5. The predicted molar refractivity (Wildman–Crippen MR) is 112 cm³/mol. The molecule has 0 spiro atoms. The van der Waals surface area contributed by atoms with Crippen molar-refractivity contribution in [1.29, 1.82) is 0 Å². The normalized spacial score (nSPS) is 24.7. The molecular formula is C24H27F3N2O2. The molecule has 166 valence electrons. The van der Waals surface area contributed by atoms with E-state index in [2.05, 4.69) is 10.2 Å². The Balaban J connectivity index is 1.70. The van der Waals surface area contributed by atoms with Gasteiger partial charge in [-0.2, -0.15) is 13.2 Å². The number of hydrogen-bond donors (Lipinski definition) is 1. The lowest BCUT2D eigenvalue weighted by Crippen LogP contribution is -2.59. The first-order valence-electron chi connectivity index (χ1n) is 10.5. The monoisotopic (exact) mass is 432 g/mol. The van der Waals surface area contributed by atoms with Crippen LogP contribution in [0.15, 0.2) is 48.5 Å². The number of likely N-dealkylation sites (N-methyl/N-ethyl adjacent to an activating group) is 1. The predicted octanol–water partition coefficient (Wildman–Crippen LogP) is 4.56. The molecule has 2 aromatic rings. The highest BCUT2D eigenvalue weighted by molar-refractivity contribution is 5.96. The SMILES string of the molecule is CO[C@@H]1CN(C)C[C@@](NC(=O)c2ccc(C(F)(F)F)cc2C2CC2)(c2ccccc2)C1. The van der Waals surface area contributed by atoms with Crippen molar-refractivity contribution in [2.45, 2.75) is 43.0 Å². The number of alkyl halides is 3. The standard InChI is InChI=1S/C24H27F3N2O2/c1-29-14-19(31-2)13-23(15-29,17-6-4-3-5-7-17)28-22(30)20-11-10-18(24(25,26)27)12-21(20)16-8-9-16/h3-7,10-12,16,19H,8-9,13-15H2,1-2H3,(H,28,30)/t19-,23+/m0/s1. The van der Waals surface area contributed by atoms with E-state index in [1.807, 2.05) is 37.4 Å². The molecule has 0 bridgehead atoms. The van der Waals surface area contributed by atoms with E-state index < -0.39 is 17.3 Å². The van der Waals surface area contributed by atoms with Crippen LogP contribution >= 0.6 is 0 Å². The van der Waals surface area contributed by atoms with Gasteiger partial charge in [-0.1, -0.05) is 30.3 Å². The number of nitrogens with one attached hydrogen (secondary N) is 1. The third-order valence-electron chi connectivity index (χ3n) is 6.28. The molecule has 0 aromatic heterocycles. The number of likely N-dealkylation sites (tertiary alicyclic amines) is 1. The van der Waals surface area contributed by atoms with Gasteiger partial charge in [0.15, 0.2) is 0 Å². The van der Waals surface area contributed by atoms with Gasteiger partial charge in [0.25, 0.3) is 5.91 Å². The molecule has 2 fully saturated rings. The number of halogens is 3. The highest BCUT2D eigenvalue weighted by Crippen LogP contribution is 2.44. The van der Waals surface area contributed by atoms with Gasteiger partial charge in [-0.25, -0.2) is 0 Å². The van der Waals surface area contributed by atoms with Crippen LogP contribution in [-0.2, 0) is 16.5 Å². The zero-order valence-electron chi connectivity index (χ0n) is 17.7. The molecule has 1 saturated heterocycles. The number of hydrogen-bond acceptors (Lipinski definition) is 3. The lowest BCUT2D eigenvalue weighted by atomic mass is 9.80. The summed E-state index contributed by atoms with van der Waals surface area (Å²) in [5.41, 5.74) is 0.364. The van der Waals surface area contributed by atoms with Crippen molar-refractivity contribution in [2.75, 3.05) is 27.2 Å². The van der Waals surface area contributed by atoms with Crippen LogP contribution in [0.1, 0.15) is 52.2 Å². The van der Waals surface area contributed by atoms with Crippen LogP contribution in [0.25, 0.3) is 0 Å². The van der Waals surface area contributed by atoms with Crippen molar-refractivity contribution >= 4 is 5.91 Å². The number of benzene rings is 2. The number of amides is 1. The van der Waals surface area contributed by atoms with Crippen LogP contribution in [0, 0.1) is 0 Å². The maximum Gasteiger partial charge on any atom is 0.416 e. The molecule has 1 heterocycles. The number of nitrogens with zero attached hydrogens (tertiary/aromatic N) is 1. The van der Waals surface area contributed by atoms with Crippen LogP contribution in [0.2, 0.25) is 0 Å². The van der Waals surface area contributed by atoms with E-state index >= 15 is 0 Å². The van der Waals surface area contributed by atoms with Gasteiger partial charge in [-0.15, -0.1) is 0 Å². The summed E-state index contributed by atoms with van der Waals surface area (Å²) in [6.45, 7) is 1.33. The molecule has 4 nitrogen and oxygen atoms in total. The second-order valence-corrected chi connectivity index (χ2v) is 8.73. The van der Waals surface area contributed by atoms with Crippen molar-refractivity contribution in [3.8, 4) is 0 Å². The fourth-order valence-electron chi connectivity index (χ4n) is 4.64. The van der Waals surface area contributed by atoms with Gasteiger partial charge in [0.1, 0.15) is 0 Å². The Hall–Kier alpha value is -2.38. The van der Waals surface area contributed by atoms with Gasteiger partial charge < -0.3 is 15.0 Å². The van der Waals surface area contributed by atoms with Crippen LogP contribution < -0.4 is 5.32 Å². The quantitative estimate of drug-likeness (QED) is 0.753. The molecule has 1 aliphatic carbocycles. The highest BCUT2D eigenvalue weighted by atomic mass is 19.4. The number of ether oxygens (including phenoxy) is 1. The summed E-state index contributed by atoms with van der Waals surface area (Å²) >= 11 is 0. The van der Waals surface area contributed by atoms with E-state index in [1.54, 1.807) is 7.11 Å². The van der Waals surface area contributed by atoms with E-state index in [4.69, 9.17) is 4.74 Å². The van der Waals surface area contributed by atoms with E-state index in [0.717, 1.165) is 37.1 Å². The van der Waals surface area contributed by atoms with E-state index in [9.17, 15) is 18.0 Å². The highest BCUT2D eigenvalue weighted by Gasteiger charge is 2.43. The first kappa shape index (κ1) is 21.8. The summed E-state index contributed by atoms with van der Waals surface area (Å²) in [6, 6.07) is 13.2. The number of methoxy groups -OCH3 is 1. The molecule has 0 unspecified atom stereocenters. The van der Waals surface area contributed by atoms with Crippen molar-refractivity contribution in [3.05, 3.63) is 70.8 Å². The first-order chi connectivity index (χ1) is 14.7. The second kappa shape index (κ2) is 8.28. The van der Waals surface area contributed by atoms with Gasteiger partial charge >= 0.3 is 6.18 Å². The van der Waals surface area contributed by atoms with E-state index in [1.165, 1.54) is 6.07 Å². The minimum atomic E-state index is -4.43. The van der Waals surface area contributed by atoms with Gasteiger partial charge in [0, 0.05) is 32.2 Å². The number of piperidine rings is 1. The molecule has 1 aliphatic heterocycles. The maximum atomic E-state index is 13.5. The molecular weight excluding hydrogens is 405 g/mol. The van der Waals surface area contributed by atoms with Gasteiger partial charge in [0.2, 0.25) is 0 Å². The van der Waals surface area contributed by atoms with E-state index in [0.29, 0.717) is 24.1 Å². The topological polar surface area (TPSA) is 41.6 Å². The Morgan fingerprint density at radius 1 is 1.16 bits per heavy atom. The van der Waals surface area contributed by atoms with Gasteiger partial charge in [0.05, 0.1) is 17.2 Å². The summed E-state index contributed by atoms with van der Waals surface area (Å²) in [4.78, 5) is 15.6. The fraction of sp³-hybridized carbons (Fsp3) is 0.458. The van der Waals surface area contributed by atoms with Crippen LogP contribution in [-0.4, -0.2) is 44.2 Å². The summed E-state index contributed by atoms with van der Waals surface area (Å²) < 4.78 is 45.4. The Morgan fingerprint density at radius 2 is 1.87 bits per heavy atom. The average molecular weight is 432 g/mol. The zero-order valence-corrected chi connectivity index (χ0v) is 17.7. The van der Waals surface area contributed by atoms with Crippen LogP contribution in [0.4, 0.5) is 13.2 Å². The summed E-state index contributed by atoms with van der Waals surface area (Å²) in [6.07, 6.45) is -2.31. The average Bonchev–Trinajstić information content (AvgIpc) is 3.58. The molecule has 31 heavy (non-hydrogen) atoms. The molecule has 0 radical (unpaired) electrons. The molecule has 1 saturated carbocycles. The largest absolute Gasteiger partial charge is 0.416 e. The Labute approximate surface area is 180 Å². The minimum absolute atomic E-state index is 0.0106. The Kier molecular flexibility index (Phi) is 5.83. The molecule has 7 heteroatoms. The fourth-order valence-corrected chi connectivity index (χ4v) is 4.64. The maximum absolute atomic E-state index is 13.5. The number of carbonyl (C=O) groups excluding carboxylic acids is 1. The number of rotatable bonds is 5. The zero-order chi connectivity index (χ0) is 22.2. The molecule has 2 atom stereocenters. The number of carbonyl (C=O) groups is 1. The lowest BCUT2D eigenvalue weighted by Gasteiger charge is -2.45. The van der Waals surface area contributed by atoms with Crippen molar-refractivity contribution in [1.82, 2.24) is 10.2 Å². The lowest BCUT2D eigenvalue weighted by molar-refractivity contribution is -0.137. The minimum Gasteiger partial charge on any atom is -0.380 e. The third-order valence-corrected chi connectivity index (χ3v) is 6.28. The molecule has 1 amide bonds. The Morgan fingerprint density at radius 3 is 2.48 bits per heavy atom. The Bertz CT molecular complexity index is 944. The van der Waals surface area contributed by atoms with Crippen LogP contribution in [0.3, 0.4) is 0 Å². The van der Waals surface area contributed by atoms with Crippen molar-refractivity contribution in [3.63, 3.8) is 0 Å². The smallest absolute Gasteiger partial charge is 0.380 e. The molecule has 2 aliphatic rings. The molecule has 1 N–H and O–H groups in total. The molecule has 2 aromatic carbocycles. The van der Waals surface area contributed by atoms with Crippen molar-refractivity contribution < 1.29 is 22.7 Å². The summed E-state index contributed by atoms with van der Waals surface area (Å²) in [5.74, 6) is -0.332. The van der Waals surface area contributed by atoms with Crippen LogP contribution in [0.5, 0.6) is 0 Å².